The highest BCUT2D eigenvalue weighted by Gasteiger charge is 2.26. The third-order valence-corrected chi connectivity index (χ3v) is 6.28. The first-order valence-electron chi connectivity index (χ1n) is 9.08. The van der Waals surface area contributed by atoms with Crippen molar-refractivity contribution < 1.29 is 22.5 Å². The summed E-state index contributed by atoms with van der Waals surface area (Å²) in [7, 11) is -2.74. The molecule has 29 heavy (non-hydrogen) atoms. The molecule has 8 heteroatoms. The number of benzene rings is 2. The van der Waals surface area contributed by atoms with E-state index in [2.05, 4.69) is 5.16 Å². The molecule has 1 heterocycles. The molecule has 152 valence electrons. The van der Waals surface area contributed by atoms with Crippen molar-refractivity contribution in [3.63, 3.8) is 0 Å². The lowest BCUT2D eigenvalue weighted by Crippen LogP contribution is -2.35. The van der Waals surface area contributed by atoms with Crippen LogP contribution in [0.25, 0.3) is 22.4 Å². The number of carbonyl (C=O) groups excluding carboxylic acids is 1. The number of aromatic nitrogens is 1. The number of rotatable bonds is 7. The van der Waals surface area contributed by atoms with Gasteiger partial charge in [-0.25, -0.2) is 12.7 Å². The Morgan fingerprint density at radius 1 is 1.07 bits per heavy atom. The molecule has 2 aromatic carbocycles. The number of nitrogens with zero attached hydrogens (tertiary/aromatic N) is 2. The molecule has 0 saturated heterocycles. The molecule has 0 spiro atoms. The molecule has 7 nitrogen and oxygen atoms in total. The molecule has 3 aromatic rings. The molecule has 0 fully saturated rings. The molecule has 0 aliphatic rings. The van der Waals surface area contributed by atoms with Gasteiger partial charge in [0.05, 0.1) is 10.5 Å². The molecular formula is C21H22N2O5S. The average Bonchev–Trinajstić information content (AvgIpc) is 3.13. The molecule has 3 rings (SSSR count). The second-order valence-electron chi connectivity index (χ2n) is 6.36. The minimum Gasteiger partial charge on any atom is -0.372 e. The maximum atomic E-state index is 12.7. The summed E-state index contributed by atoms with van der Waals surface area (Å²) in [4.78, 5) is 12.0. The minimum atomic E-state index is -3.96. The van der Waals surface area contributed by atoms with Gasteiger partial charge in [-0.3, -0.25) is 4.79 Å². The number of hydrogen-bond acceptors (Lipinski definition) is 6. The van der Waals surface area contributed by atoms with Gasteiger partial charge < -0.3 is 9.26 Å². The maximum Gasteiger partial charge on any atom is 0.266 e. The van der Waals surface area contributed by atoms with Crippen molar-refractivity contribution in [2.45, 2.75) is 18.7 Å². The summed E-state index contributed by atoms with van der Waals surface area (Å²) in [6, 6.07) is 15.9. The van der Waals surface area contributed by atoms with Crippen LogP contribution in [-0.2, 0) is 19.6 Å². The van der Waals surface area contributed by atoms with E-state index in [0.29, 0.717) is 22.4 Å². The molecule has 0 aliphatic carbocycles. The molecule has 0 unspecified atom stereocenters. The van der Waals surface area contributed by atoms with Gasteiger partial charge in [0.15, 0.2) is 0 Å². The van der Waals surface area contributed by atoms with Crippen molar-refractivity contribution in [3.05, 3.63) is 60.4 Å². The quantitative estimate of drug-likeness (QED) is 0.588. The first-order chi connectivity index (χ1) is 13.9. The highest BCUT2D eigenvalue weighted by atomic mass is 32.2. The van der Waals surface area contributed by atoms with Crippen LogP contribution in [0.4, 0.5) is 0 Å². The summed E-state index contributed by atoms with van der Waals surface area (Å²) in [5.41, 5.74) is 3.14. The van der Waals surface area contributed by atoms with Crippen LogP contribution in [-0.4, -0.2) is 44.0 Å². The SMILES string of the molecule is CCOCC(=O)N(C)S(=O)(=O)c1ccc(-c2c(-c3ccccc3)noc2C)cc1. The van der Waals surface area contributed by atoms with Gasteiger partial charge in [0, 0.05) is 19.2 Å². The summed E-state index contributed by atoms with van der Waals surface area (Å²) in [5.74, 6) is 0.000592. The van der Waals surface area contributed by atoms with Gasteiger partial charge in [-0.2, -0.15) is 0 Å². The Bertz CT molecular complexity index is 1090. The topological polar surface area (TPSA) is 89.7 Å². The van der Waals surface area contributed by atoms with Crippen molar-refractivity contribution in [1.29, 1.82) is 0 Å². The zero-order valence-corrected chi connectivity index (χ0v) is 17.3. The lowest BCUT2D eigenvalue weighted by atomic mass is 10.00. The van der Waals surface area contributed by atoms with Crippen LogP contribution in [0, 0.1) is 6.92 Å². The number of hydrogen-bond donors (Lipinski definition) is 0. The predicted molar refractivity (Wildman–Crippen MR) is 109 cm³/mol. The van der Waals surface area contributed by atoms with Crippen LogP contribution in [0.15, 0.2) is 64.0 Å². The van der Waals surface area contributed by atoms with Crippen molar-refractivity contribution in [1.82, 2.24) is 9.46 Å². The Kier molecular flexibility index (Phi) is 6.14. The predicted octanol–water partition coefficient (Wildman–Crippen LogP) is 3.50. The maximum absolute atomic E-state index is 12.7. The van der Waals surface area contributed by atoms with Crippen LogP contribution in [0.1, 0.15) is 12.7 Å². The molecule has 1 aromatic heterocycles. The fraction of sp³-hybridized carbons (Fsp3) is 0.238. The van der Waals surface area contributed by atoms with E-state index in [1.165, 1.54) is 19.2 Å². The van der Waals surface area contributed by atoms with Crippen LogP contribution in [0.2, 0.25) is 0 Å². The summed E-state index contributed by atoms with van der Waals surface area (Å²) in [6.45, 7) is 3.58. The van der Waals surface area contributed by atoms with Crippen molar-refractivity contribution in [2.75, 3.05) is 20.3 Å². The normalized spacial score (nSPS) is 11.4. The number of likely N-dealkylation sites (N-methyl/N-ethyl adjacent to an activating group) is 1. The molecule has 1 amide bonds. The molecule has 0 atom stereocenters. The van der Waals surface area contributed by atoms with E-state index in [9.17, 15) is 13.2 Å². The van der Waals surface area contributed by atoms with Gasteiger partial charge in [-0.15, -0.1) is 0 Å². The highest BCUT2D eigenvalue weighted by Crippen LogP contribution is 2.34. The van der Waals surface area contributed by atoms with Gasteiger partial charge in [-0.05, 0) is 31.5 Å². The summed E-state index contributed by atoms with van der Waals surface area (Å²) in [5, 5.41) is 4.15. The second-order valence-corrected chi connectivity index (χ2v) is 8.33. The van der Waals surface area contributed by atoms with Crippen LogP contribution < -0.4 is 0 Å². The molecular weight excluding hydrogens is 392 g/mol. The minimum absolute atomic E-state index is 0.0176. The second kappa shape index (κ2) is 8.59. The number of sulfonamides is 1. The Hall–Kier alpha value is -2.97. The Morgan fingerprint density at radius 2 is 1.72 bits per heavy atom. The van der Waals surface area contributed by atoms with Crippen molar-refractivity contribution >= 4 is 15.9 Å². The zero-order chi connectivity index (χ0) is 21.0. The molecule has 0 aliphatic heterocycles. The molecule has 0 bridgehead atoms. The lowest BCUT2D eigenvalue weighted by molar-refractivity contribution is -0.130. The lowest BCUT2D eigenvalue weighted by Gasteiger charge is -2.17. The smallest absolute Gasteiger partial charge is 0.266 e. The average molecular weight is 414 g/mol. The van der Waals surface area contributed by atoms with E-state index >= 15 is 0 Å². The van der Waals surface area contributed by atoms with E-state index < -0.39 is 15.9 Å². The van der Waals surface area contributed by atoms with E-state index in [1.807, 2.05) is 30.3 Å². The number of carbonyl (C=O) groups is 1. The highest BCUT2D eigenvalue weighted by molar-refractivity contribution is 7.89. The Morgan fingerprint density at radius 3 is 2.34 bits per heavy atom. The standard InChI is InChI=1S/C21H22N2O5S/c1-4-27-14-19(24)23(3)29(25,26)18-12-10-16(11-13-18)20-15(2)28-22-21(20)17-8-6-5-7-9-17/h5-13H,4,14H2,1-3H3. The fourth-order valence-electron chi connectivity index (χ4n) is 2.87. The van der Waals surface area contributed by atoms with E-state index in [-0.39, 0.29) is 11.5 Å². The van der Waals surface area contributed by atoms with Gasteiger partial charge >= 0.3 is 0 Å². The van der Waals surface area contributed by atoms with E-state index in [4.69, 9.17) is 9.26 Å². The largest absolute Gasteiger partial charge is 0.372 e. The summed E-state index contributed by atoms with van der Waals surface area (Å²) < 4.78 is 36.5. The van der Waals surface area contributed by atoms with E-state index in [0.717, 1.165) is 16.7 Å². The number of aryl methyl sites for hydroxylation is 1. The van der Waals surface area contributed by atoms with Gasteiger partial charge in [0.2, 0.25) is 0 Å². The van der Waals surface area contributed by atoms with Crippen LogP contribution in [0.5, 0.6) is 0 Å². The van der Waals surface area contributed by atoms with Crippen molar-refractivity contribution in [2.24, 2.45) is 0 Å². The first-order valence-corrected chi connectivity index (χ1v) is 10.5. The van der Waals surface area contributed by atoms with Gasteiger partial charge in [0.25, 0.3) is 15.9 Å². The Labute approximate surface area is 169 Å². The van der Waals surface area contributed by atoms with Crippen LogP contribution in [0.3, 0.4) is 0 Å². The zero-order valence-electron chi connectivity index (χ0n) is 16.5. The third kappa shape index (κ3) is 4.23. The monoisotopic (exact) mass is 414 g/mol. The molecule has 0 saturated carbocycles. The third-order valence-electron chi connectivity index (χ3n) is 4.49. The fourth-order valence-corrected chi connectivity index (χ4v) is 3.99. The van der Waals surface area contributed by atoms with Crippen LogP contribution >= 0.6 is 0 Å². The molecule has 0 radical (unpaired) electrons. The van der Waals surface area contributed by atoms with Gasteiger partial charge in [0.1, 0.15) is 18.1 Å². The molecule has 0 N–H and O–H groups in total. The van der Waals surface area contributed by atoms with E-state index in [1.54, 1.807) is 26.0 Å². The number of amides is 1. The number of ether oxygens (including phenoxy) is 1. The Balaban J connectivity index is 1.92. The van der Waals surface area contributed by atoms with Gasteiger partial charge in [-0.1, -0.05) is 47.6 Å². The summed E-state index contributed by atoms with van der Waals surface area (Å²) in [6.07, 6.45) is 0. The summed E-state index contributed by atoms with van der Waals surface area (Å²) >= 11 is 0. The van der Waals surface area contributed by atoms with Crippen molar-refractivity contribution in [3.8, 4) is 22.4 Å². The first kappa shape index (κ1) is 20.8.